The van der Waals surface area contributed by atoms with Crippen LogP contribution in [0.1, 0.15) is 13.3 Å². The summed E-state index contributed by atoms with van der Waals surface area (Å²) in [6.07, 6.45) is -0.125. The molecule has 0 fully saturated rings. The van der Waals surface area contributed by atoms with Crippen molar-refractivity contribution in [2.24, 2.45) is 0 Å². The number of nitrogens with one attached hydrogen (secondary N) is 1. The highest BCUT2D eigenvalue weighted by Gasteiger charge is 2.16. The summed E-state index contributed by atoms with van der Waals surface area (Å²) in [6.45, 7) is 1.41. The molecule has 1 N–H and O–H groups in total. The van der Waals surface area contributed by atoms with Gasteiger partial charge in [-0.05, 0) is 30.3 Å². The van der Waals surface area contributed by atoms with Crippen LogP contribution in [0.3, 0.4) is 0 Å². The van der Waals surface area contributed by atoms with Crippen molar-refractivity contribution in [3.8, 4) is 0 Å². The van der Waals surface area contributed by atoms with Gasteiger partial charge in [0.05, 0.1) is 0 Å². The van der Waals surface area contributed by atoms with Gasteiger partial charge in [-0.15, -0.1) is 0 Å². The lowest BCUT2D eigenvalue weighted by Crippen LogP contribution is -2.32. The molecule has 2 aromatic rings. The molecule has 24 heavy (non-hydrogen) atoms. The van der Waals surface area contributed by atoms with Crippen LogP contribution in [0.4, 0.5) is 20.2 Å². The Balaban J connectivity index is 2.04. The van der Waals surface area contributed by atoms with E-state index in [2.05, 4.69) is 5.32 Å². The van der Waals surface area contributed by atoms with Crippen LogP contribution in [0.15, 0.2) is 42.5 Å². The molecule has 0 saturated carbocycles. The molecule has 0 atom stereocenters. The maximum absolute atomic E-state index is 13.5. The van der Waals surface area contributed by atoms with Gasteiger partial charge in [0.25, 0.3) is 0 Å². The third-order valence-electron chi connectivity index (χ3n) is 3.29. The van der Waals surface area contributed by atoms with E-state index in [1.807, 2.05) is 0 Å². The van der Waals surface area contributed by atoms with Gasteiger partial charge >= 0.3 is 0 Å². The number of nitrogens with zero attached hydrogens (tertiary/aromatic N) is 1. The molecule has 0 aromatic heterocycles. The summed E-state index contributed by atoms with van der Waals surface area (Å²) in [4.78, 5) is 25.1. The van der Waals surface area contributed by atoms with Gasteiger partial charge < -0.3 is 10.2 Å². The number of halogens is 3. The number of anilines is 2. The van der Waals surface area contributed by atoms with E-state index in [1.165, 1.54) is 17.9 Å². The van der Waals surface area contributed by atoms with Crippen molar-refractivity contribution in [2.75, 3.05) is 16.8 Å². The highest BCUT2D eigenvalue weighted by Crippen LogP contribution is 2.21. The maximum Gasteiger partial charge on any atom is 0.226 e. The predicted octanol–water partition coefficient (Wildman–Crippen LogP) is 4.00. The van der Waals surface area contributed by atoms with E-state index in [4.69, 9.17) is 11.6 Å². The number of amides is 2. The lowest BCUT2D eigenvalue weighted by Gasteiger charge is -2.21. The molecule has 0 bridgehead atoms. The molecule has 4 nitrogen and oxygen atoms in total. The van der Waals surface area contributed by atoms with Crippen LogP contribution in [0.25, 0.3) is 0 Å². The first-order valence-corrected chi connectivity index (χ1v) is 7.54. The largest absolute Gasteiger partial charge is 0.321 e. The maximum atomic E-state index is 13.5. The van der Waals surface area contributed by atoms with E-state index in [-0.39, 0.29) is 18.9 Å². The van der Waals surface area contributed by atoms with Crippen LogP contribution in [0.5, 0.6) is 0 Å². The average Bonchev–Trinajstić information content (AvgIpc) is 2.51. The molecule has 7 heteroatoms. The van der Waals surface area contributed by atoms with Crippen molar-refractivity contribution in [2.45, 2.75) is 13.3 Å². The van der Waals surface area contributed by atoms with Crippen LogP contribution in [-0.4, -0.2) is 18.4 Å². The molecule has 0 aliphatic heterocycles. The zero-order chi connectivity index (χ0) is 17.7. The fourth-order valence-electron chi connectivity index (χ4n) is 2.14. The quantitative estimate of drug-likeness (QED) is 0.884. The zero-order valence-electron chi connectivity index (χ0n) is 12.9. The topological polar surface area (TPSA) is 49.4 Å². The monoisotopic (exact) mass is 352 g/mol. The van der Waals surface area contributed by atoms with Crippen LogP contribution in [0, 0.1) is 11.6 Å². The van der Waals surface area contributed by atoms with Crippen LogP contribution in [0.2, 0.25) is 5.02 Å². The third kappa shape index (κ3) is 4.52. The standard InChI is InChI=1S/C17H15ClF2N2O2/c1-11(23)22(13-5-2-4-12(18)10-13)9-8-16(24)21-17-14(19)6-3-7-15(17)20/h2-7,10H,8-9H2,1H3,(H,21,24). The Morgan fingerprint density at radius 3 is 2.33 bits per heavy atom. The Morgan fingerprint density at radius 1 is 1.12 bits per heavy atom. The molecule has 0 spiro atoms. The number of hydrogen-bond donors (Lipinski definition) is 1. The number of carbonyl (C=O) groups excluding carboxylic acids is 2. The van der Waals surface area contributed by atoms with Gasteiger partial charge in [0.1, 0.15) is 17.3 Å². The molecule has 2 amide bonds. The van der Waals surface area contributed by atoms with E-state index in [0.29, 0.717) is 10.7 Å². The second kappa shape index (κ2) is 7.88. The van der Waals surface area contributed by atoms with Gasteiger partial charge in [-0.25, -0.2) is 8.78 Å². The van der Waals surface area contributed by atoms with Gasteiger partial charge in [0, 0.05) is 30.6 Å². The third-order valence-corrected chi connectivity index (χ3v) is 3.52. The summed E-state index contributed by atoms with van der Waals surface area (Å²) >= 11 is 5.90. The van der Waals surface area contributed by atoms with Gasteiger partial charge in [0.2, 0.25) is 11.8 Å². The van der Waals surface area contributed by atoms with E-state index in [1.54, 1.807) is 24.3 Å². The molecule has 0 aliphatic carbocycles. The first kappa shape index (κ1) is 17.9. The van der Waals surface area contributed by atoms with Crippen LogP contribution >= 0.6 is 11.6 Å². The summed E-state index contributed by atoms with van der Waals surface area (Å²) < 4.78 is 27.0. The highest BCUT2D eigenvalue weighted by molar-refractivity contribution is 6.30. The van der Waals surface area contributed by atoms with E-state index in [0.717, 1.165) is 12.1 Å². The fraction of sp³-hybridized carbons (Fsp3) is 0.176. The minimum atomic E-state index is -0.860. The van der Waals surface area contributed by atoms with Crippen molar-refractivity contribution < 1.29 is 18.4 Å². The Kier molecular flexibility index (Phi) is 5.87. The van der Waals surface area contributed by atoms with Gasteiger partial charge in [-0.2, -0.15) is 0 Å². The summed E-state index contributed by atoms with van der Waals surface area (Å²) in [6, 6.07) is 9.93. The Labute approximate surface area is 143 Å². The Hall–Kier alpha value is -2.47. The number of hydrogen-bond acceptors (Lipinski definition) is 2. The summed E-state index contributed by atoms with van der Waals surface area (Å²) in [5.74, 6) is -2.60. The smallest absolute Gasteiger partial charge is 0.226 e. The lowest BCUT2D eigenvalue weighted by molar-refractivity contribution is -0.117. The molecule has 0 heterocycles. The van der Waals surface area contributed by atoms with Gasteiger partial charge in [-0.3, -0.25) is 9.59 Å². The minimum absolute atomic E-state index is 0.0532. The number of para-hydroxylation sites is 1. The van der Waals surface area contributed by atoms with Crippen molar-refractivity contribution in [1.82, 2.24) is 0 Å². The summed E-state index contributed by atoms with van der Waals surface area (Å²) in [5.41, 5.74) is 0.0412. The molecular formula is C17H15ClF2N2O2. The number of benzene rings is 2. The average molecular weight is 353 g/mol. The van der Waals surface area contributed by atoms with Gasteiger partial charge in [0.15, 0.2) is 0 Å². The van der Waals surface area contributed by atoms with Crippen molar-refractivity contribution in [3.05, 3.63) is 59.1 Å². The predicted molar refractivity (Wildman–Crippen MR) is 89.1 cm³/mol. The fourth-order valence-corrected chi connectivity index (χ4v) is 2.33. The van der Waals surface area contributed by atoms with E-state index >= 15 is 0 Å². The minimum Gasteiger partial charge on any atom is -0.321 e. The molecule has 2 rings (SSSR count). The molecule has 2 aromatic carbocycles. The molecular weight excluding hydrogens is 338 g/mol. The van der Waals surface area contributed by atoms with Crippen molar-refractivity contribution in [1.29, 1.82) is 0 Å². The summed E-state index contributed by atoms with van der Waals surface area (Å²) in [5, 5.41) is 2.64. The van der Waals surface area contributed by atoms with Crippen molar-refractivity contribution in [3.63, 3.8) is 0 Å². The molecule has 0 radical (unpaired) electrons. The Bertz CT molecular complexity index is 748. The Morgan fingerprint density at radius 2 is 1.75 bits per heavy atom. The van der Waals surface area contributed by atoms with E-state index in [9.17, 15) is 18.4 Å². The molecule has 0 saturated heterocycles. The highest BCUT2D eigenvalue weighted by atomic mass is 35.5. The van der Waals surface area contributed by atoms with Gasteiger partial charge in [-0.1, -0.05) is 23.7 Å². The van der Waals surface area contributed by atoms with Crippen molar-refractivity contribution >= 4 is 34.8 Å². The number of carbonyl (C=O) groups is 2. The lowest BCUT2D eigenvalue weighted by atomic mass is 10.2. The van der Waals surface area contributed by atoms with Crippen LogP contribution in [-0.2, 0) is 9.59 Å². The molecule has 0 aliphatic rings. The number of rotatable bonds is 5. The second-order valence-electron chi connectivity index (χ2n) is 5.05. The SMILES string of the molecule is CC(=O)N(CCC(=O)Nc1c(F)cccc1F)c1cccc(Cl)c1. The second-order valence-corrected chi connectivity index (χ2v) is 5.48. The zero-order valence-corrected chi connectivity index (χ0v) is 13.6. The van der Waals surface area contributed by atoms with Crippen LogP contribution < -0.4 is 10.2 Å². The normalized spacial score (nSPS) is 10.3. The first-order valence-electron chi connectivity index (χ1n) is 7.16. The summed E-state index contributed by atoms with van der Waals surface area (Å²) in [7, 11) is 0. The first-order chi connectivity index (χ1) is 11.4. The molecule has 126 valence electrons. The van der Waals surface area contributed by atoms with E-state index < -0.39 is 23.2 Å². The molecule has 0 unspecified atom stereocenters.